The SMILES string of the molecule is COc1cc(C(=O)N=C2CCC(CCN3CCc4sc(OCC(C)(F)F)nc4C3)CC2)ccn1. The summed E-state index contributed by atoms with van der Waals surface area (Å²) in [7, 11) is 1.52. The summed E-state index contributed by atoms with van der Waals surface area (Å²) in [5, 5.41) is 0.340. The summed E-state index contributed by atoms with van der Waals surface area (Å²) in [6.45, 7) is 2.87. The summed E-state index contributed by atoms with van der Waals surface area (Å²) >= 11 is 1.39. The maximum Gasteiger partial charge on any atom is 0.278 e. The molecule has 0 atom stereocenters. The zero-order valence-electron chi connectivity index (χ0n) is 19.6. The van der Waals surface area contributed by atoms with E-state index in [9.17, 15) is 13.6 Å². The maximum atomic E-state index is 13.0. The first-order chi connectivity index (χ1) is 16.3. The van der Waals surface area contributed by atoms with Gasteiger partial charge in [-0.2, -0.15) is 0 Å². The van der Waals surface area contributed by atoms with Gasteiger partial charge in [-0.15, -0.1) is 0 Å². The van der Waals surface area contributed by atoms with Gasteiger partial charge in [-0.25, -0.2) is 23.7 Å². The van der Waals surface area contributed by atoms with Crippen molar-refractivity contribution in [1.29, 1.82) is 0 Å². The predicted octanol–water partition coefficient (Wildman–Crippen LogP) is 4.80. The van der Waals surface area contributed by atoms with Crippen LogP contribution in [0.1, 0.15) is 60.0 Å². The topological polar surface area (TPSA) is 76.9 Å². The highest BCUT2D eigenvalue weighted by molar-refractivity contribution is 7.13. The number of aromatic nitrogens is 2. The molecule has 0 radical (unpaired) electrons. The zero-order chi connectivity index (χ0) is 24.1. The van der Waals surface area contributed by atoms with E-state index in [1.807, 2.05) is 0 Å². The van der Waals surface area contributed by atoms with Gasteiger partial charge >= 0.3 is 0 Å². The number of aliphatic imine (C=N–C) groups is 1. The van der Waals surface area contributed by atoms with E-state index < -0.39 is 12.5 Å². The molecule has 0 N–H and O–H groups in total. The normalized spacial score (nSPS) is 18.9. The van der Waals surface area contributed by atoms with E-state index in [-0.39, 0.29) is 5.91 Å². The smallest absolute Gasteiger partial charge is 0.278 e. The van der Waals surface area contributed by atoms with Crippen LogP contribution in [0.4, 0.5) is 8.78 Å². The Labute approximate surface area is 202 Å². The number of hydrogen-bond acceptors (Lipinski definition) is 7. The molecule has 2 aromatic rings. The van der Waals surface area contributed by atoms with Crippen molar-refractivity contribution in [2.75, 3.05) is 26.8 Å². The van der Waals surface area contributed by atoms with Gasteiger partial charge in [0.25, 0.3) is 17.0 Å². The summed E-state index contributed by atoms with van der Waals surface area (Å²) in [4.78, 5) is 28.8. The molecule has 1 aliphatic carbocycles. The lowest BCUT2D eigenvalue weighted by Gasteiger charge is -2.29. The third-order valence-corrected chi connectivity index (χ3v) is 7.29. The van der Waals surface area contributed by atoms with Gasteiger partial charge < -0.3 is 9.47 Å². The number of pyridine rings is 1. The summed E-state index contributed by atoms with van der Waals surface area (Å²) in [5.74, 6) is -2.09. The fraction of sp³-hybridized carbons (Fsp3) is 0.583. The highest BCUT2D eigenvalue weighted by atomic mass is 32.1. The van der Waals surface area contributed by atoms with Crippen molar-refractivity contribution in [3.63, 3.8) is 0 Å². The Morgan fingerprint density at radius 2 is 2.12 bits per heavy atom. The van der Waals surface area contributed by atoms with E-state index in [0.29, 0.717) is 22.6 Å². The maximum absolute atomic E-state index is 13.0. The summed E-state index contributed by atoms with van der Waals surface area (Å²) in [6, 6.07) is 3.26. The number of carbonyl (C=O) groups excluding carboxylic acids is 1. The Morgan fingerprint density at radius 1 is 1.32 bits per heavy atom. The summed E-state index contributed by atoms with van der Waals surface area (Å²) in [6.07, 6.45) is 7.27. The molecule has 0 spiro atoms. The third kappa shape index (κ3) is 6.79. The van der Waals surface area contributed by atoms with E-state index in [4.69, 9.17) is 9.47 Å². The number of carbonyl (C=O) groups is 1. The summed E-state index contributed by atoms with van der Waals surface area (Å²) < 4.78 is 36.3. The van der Waals surface area contributed by atoms with Crippen molar-refractivity contribution < 1.29 is 23.0 Å². The lowest BCUT2D eigenvalue weighted by Crippen LogP contribution is -2.32. The number of hydrogen-bond donors (Lipinski definition) is 0. The van der Waals surface area contributed by atoms with Crippen molar-refractivity contribution in [2.24, 2.45) is 10.9 Å². The number of nitrogens with zero attached hydrogens (tertiary/aromatic N) is 4. The first-order valence-corrected chi connectivity index (χ1v) is 12.4. The number of rotatable bonds is 8. The standard InChI is InChI=1S/C24H30F2N4O3S/c1-24(25,26)15-33-23-29-19-14-30(12-9-20(19)34-23)11-8-16-3-5-18(6-4-16)28-22(31)17-7-10-27-21(13-17)32-2/h7,10,13,16H,3-6,8-9,11-12,14-15H2,1-2H3. The molecule has 1 aliphatic heterocycles. The minimum atomic E-state index is -2.86. The van der Waals surface area contributed by atoms with Gasteiger partial charge in [0.2, 0.25) is 5.88 Å². The Bertz CT molecular complexity index is 1030. The van der Waals surface area contributed by atoms with Gasteiger partial charge in [0.15, 0.2) is 6.61 Å². The predicted molar refractivity (Wildman–Crippen MR) is 126 cm³/mol. The van der Waals surface area contributed by atoms with Gasteiger partial charge in [0.05, 0.1) is 12.8 Å². The minimum Gasteiger partial charge on any atom is -0.481 e. The molecule has 0 unspecified atom stereocenters. The molecular weight excluding hydrogens is 462 g/mol. The van der Waals surface area contributed by atoms with E-state index in [2.05, 4.69) is 19.9 Å². The highest BCUT2D eigenvalue weighted by Gasteiger charge is 2.26. The fourth-order valence-electron chi connectivity index (χ4n) is 4.31. The van der Waals surface area contributed by atoms with Crippen molar-refractivity contribution in [1.82, 2.24) is 14.9 Å². The van der Waals surface area contributed by atoms with Crippen LogP contribution in [0.3, 0.4) is 0 Å². The number of fused-ring (bicyclic) bond motifs is 1. The monoisotopic (exact) mass is 492 g/mol. The van der Waals surface area contributed by atoms with Crippen molar-refractivity contribution >= 4 is 23.0 Å². The molecular formula is C24H30F2N4O3S. The number of halogens is 2. The van der Waals surface area contributed by atoms with Crippen LogP contribution in [0.5, 0.6) is 11.1 Å². The number of thiazole rings is 1. The molecule has 0 aromatic carbocycles. The van der Waals surface area contributed by atoms with Crippen LogP contribution >= 0.6 is 11.3 Å². The van der Waals surface area contributed by atoms with Crippen LogP contribution in [0.15, 0.2) is 23.3 Å². The largest absolute Gasteiger partial charge is 0.481 e. The highest BCUT2D eigenvalue weighted by Crippen LogP contribution is 2.32. The van der Waals surface area contributed by atoms with E-state index >= 15 is 0 Å². The van der Waals surface area contributed by atoms with Crippen molar-refractivity contribution in [2.45, 2.75) is 57.9 Å². The molecule has 34 heavy (non-hydrogen) atoms. The van der Waals surface area contributed by atoms with Gasteiger partial charge in [0, 0.05) is 48.4 Å². The van der Waals surface area contributed by atoms with Gasteiger partial charge in [-0.3, -0.25) is 9.69 Å². The van der Waals surface area contributed by atoms with E-state index in [1.54, 1.807) is 18.3 Å². The molecule has 7 nitrogen and oxygen atoms in total. The molecule has 10 heteroatoms. The number of ether oxygens (including phenoxy) is 2. The average Bonchev–Trinajstić information content (AvgIpc) is 3.24. The molecule has 1 saturated carbocycles. The van der Waals surface area contributed by atoms with Crippen molar-refractivity contribution in [3.05, 3.63) is 34.5 Å². The Balaban J connectivity index is 1.21. The number of amides is 1. The number of alkyl halides is 2. The molecule has 1 amide bonds. The van der Waals surface area contributed by atoms with Gasteiger partial charge in [0.1, 0.15) is 0 Å². The quantitative estimate of drug-likeness (QED) is 0.527. The van der Waals surface area contributed by atoms with Crippen LogP contribution in [0.25, 0.3) is 0 Å². The molecule has 3 heterocycles. The zero-order valence-corrected chi connectivity index (χ0v) is 20.4. The molecule has 2 aromatic heterocycles. The Kier molecular flexibility index (Phi) is 7.88. The lowest BCUT2D eigenvalue weighted by atomic mass is 9.85. The molecule has 1 fully saturated rings. The molecule has 2 aliphatic rings. The Hall–Kier alpha value is -2.46. The average molecular weight is 493 g/mol. The lowest BCUT2D eigenvalue weighted by molar-refractivity contribution is -0.0230. The minimum absolute atomic E-state index is 0.243. The number of methoxy groups -OCH3 is 1. The Morgan fingerprint density at radius 3 is 2.85 bits per heavy atom. The second-order valence-electron chi connectivity index (χ2n) is 9.04. The second kappa shape index (κ2) is 10.9. The third-order valence-electron chi connectivity index (χ3n) is 6.22. The van der Waals surface area contributed by atoms with Crippen LogP contribution in [-0.4, -0.2) is 59.2 Å². The van der Waals surface area contributed by atoms with Crippen molar-refractivity contribution in [3.8, 4) is 11.1 Å². The molecule has 184 valence electrons. The molecule has 0 bridgehead atoms. The molecule has 4 rings (SSSR count). The van der Waals surface area contributed by atoms with Crippen LogP contribution in [-0.2, 0) is 13.0 Å². The molecule has 0 saturated heterocycles. The second-order valence-corrected chi connectivity index (χ2v) is 10.1. The van der Waals surface area contributed by atoms with Crippen LogP contribution in [0, 0.1) is 5.92 Å². The van der Waals surface area contributed by atoms with Crippen LogP contribution in [0.2, 0.25) is 0 Å². The van der Waals surface area contributed by atoms with E-state index in [0.717, 1.165) is 81.4 Å². The van der Waals surface area contributed by atoms with Gasteiger partial charge in [-0.1, -0.05) is 11.3 Å². The first-order valence-electron chi connectivity index (χ1n) is 11.6. The summed E-state index contributed by atoms with van der Waals surface area (Å²) in [5.41, 5.74) is 2.41. The first kappa shape index (κ1) is 24.7. The van der Waals surface area contributed by atoms with Gasteiger partial charge in [-0.05, 0) is 57.1 Å². The van der Waals surface area contributed by atoms with Crippen LogP contribution < -0.4 is 9.47 Å². The van der Waals surface area contributed by atoms with E-state index in [1.165, 1.54) is 18.4 Å². The fourth-order valence-corrected chi connectivity index (χ4v) is 5.21.